The van der Waals surface area contributed by atoms with Crippen LogP contribution in [0.5, 0.6) is 0 Å². The Balaban J connectivity index is 3.58. The Morgan fingerprint density at radius 3 is 2.82 bits per heavy atom. The first kappa shape index (κ1) is 9.68. The van der Waals surface area contributed by atoms with Crippen LogP contribution in [0.4, 0.5) is 0 Å². The van der Waals surface area contributed by atoms with Crippen molar-refractivity contribution in [1.29, 1.82) is 0 Å². The zero-order valence-electron chi connectivity index (χ0n) is 6.32. The van der Waals surface area contributed by atoms with Crippen LogP contribution >= 0.6 is 0 Å². The van der Waals surface area contributed by atoms with E-state index in [0.717, 1.165) is 0 Å². The first-order valence-electron chi connectivity index (χ1n) is 3.19. The minimum atomic E-state index is -0.497. The summed E-state index contributed by atoms with van der Waals surface area (Å²) in [6, 6.07) is 0. The van der Waals surface area contributed by atoms with Crippen molar-refractivity contribution >= 4 is 12.4 Å². The Labute approximate surface area is 65.0 Å². The normalized spacial score (nSPS) is 12.8. The van der Waals surface area contributed by atoms with Crippen LogP contribution in [0.15, 0.2) is 12.2 Å². The Hall–Kier alpha value is -1.32. The van der Waals surface area contributed by atoms with E-state index in [1.54, 1.807) is 6.08 Å². The van der Waals surface area contributed by atoms with Crippen LogP contribution in [0.25, 0.3) is 0 Å². The molecule has 1 amide bonds. The number of amides is 1. The van der Waals surface area contributed by atoms with Gasteiger partial charge in [-0.05, 0) is 6.08 Å². The van der Waals surface area contributed by atoms with Gasteiger partial charge in [0.2, 0.25) is 5.91 Å². The molecule has 0 aromatic heterocycles. The summed E-state index contributed by atoms with van der Waals surface area (Å²) in [5, 5.41) is 0. The maximum absolute atomic E-state index is 10.2. The molecule has 0 aromatic carbocycles. The molecule has 0 radical (unpaired) electrons. The van der Waals surface area contributed by atoms with E-state index in [2.05, 4.69) is 4.74 Å². The van der Waals surface area contributed by atoms with Crippen molar-refractivity contribution in [2.24, 2.45) is 11.7 Å². The molecule has 0 saturated heterocycles. The summed E-state index contributed by atoms with van der Waals surface area (Å²) in [7, 11) is 0. The van der Waals surface area contributed by atoms with E-state index in [1.165, 1.54) is 6.08 Å². The quantitative estimate of drug-likeness (QED) is 0.445. The molecular formula is C7H11NO3. The van der Waals surface area contributed by atoms with Gasteiger partial charge in [0, 0.05) is 5.92 Å². The van der Waals surface area contributed by atoms with Crippen LogP contribution in [0, 0.1) is 5.92 Å². The molecule has 0 aliphatic heterocycles. The van der Waals surface area contributed by atoms with Gasteiger partial charge in [-0.3, -0.25) is 9.59 Å². The molecule has 2 N–H and O–H groups in total. The zero-order chi connectivity index (χ0) is 8.69. The highest BCUT2D eigenvalue weighted by Crippen LogP contribution is 1.95. The molecule has 0 aliphatic carbocycles. The van der Waals surface area contributed by atoms with Crippen molar-refractivity contribution in [3.63, 3.8) is 0 Å². The molecule has 0 heterocycles. The molecule has 11 heavy (non-hydrogen) atoms. The van der Waals surface area contributed by atoms with Gasteiger partial charge < -0.3 is 10.5 Å². The number of nitrogens with two attached hydrogens (primary N) is 1. The highest BCUT2D eigenvalue weighted by Gasteiger charge is 1.96. The van der Waals surface area contributed by atoms with Gasteiger partial charge in [-0.2, -0.15) is 0 Å². The number of rotatable bonds is 5. The minimum absolute atomic E-state index is 0.0210. The summed E-state index contributed by atoms with van der Waals surface area (Å²) < 4.78 is 4.44. The molecule has 0 saturated carbocycles. The fraction of sp³-hybridized carbons (Fsp3) is 0.429. The van der Waals surface area contributed by atoms with E-state index >= 15 is 0 Å². The second-order valence-electron chi connectivity index (χ2n) is 2.17. The first-order chi connectivity index (χ1) is 5.16. The van der Waals surface area contributed by atoms with Gasteiger partial charge in [0.05, 0.1) is 6.61 Å². The molecule has 0 aliphatic rings. The van der Waals surface area contributed by atoms with Crippen LogP contribution in [0.1, 0.15) is 6.92 Å². The smallest absolute Gasteiger partial charge is 0.293 e. The standard InChI is InChI=1S/C7H11NO3/c1-6(4-11-5-9)2-3-7(8)10/h2-3,5-6H,4H2,1H3,(H2,8,10)/b3-2+/t6-/m1/s1. The van der Waals surface area contributed by atoms with Crippen molar-refractivity contribution in [2.45, 2.75) is 6.92 Å². The van der Waals surface area contributed by atoms with Crippen LogP contribution in [0.2, 0.25) is 0 Å². The van der Waals surface area contributed by atoms with Crippen molar-refractivity contribution < 1.29 is 14.3 Å². The van der Waals surface area contributed by atoms with Crippen LogP contribution in [-0.4, -0.2) is 19.0 Å². The zero-order valence-corrected chi connectivity index (χ0v) is 6.32. The van der Waals surface area contributed by atoms with Gasteiger partial charge in [0.15, 0.2) is 0 Å². The third-order valence-electron chi connectivity index (χ3n) is 1.02. The molecule has 0 aromatic rings. The molecule has 1 atom stereocenters. The maximum Gasteiger partial charge on any atom is 0.293 e. The molecule has 0 rings (SSSR count). The number of primary amides is 1. The largest absolute Gasteiger partial charge is 0.467 e. The average molecular weight is 157 g/mol. The van der Waals surface area contributed by atoms with E-state index in [9.17, 15) is 9.59 Å². The van der Waals surface area contributed by atoms with Crippen LogP contribution < -0.4 is 5.73 Å². The molecule has 0 fully saturated rings. The fourth-order valence-corrected chi connectivity index (χ4v) is 0.506. The lowest BCUT2D eigenvalue weighted by Crippen LogP contribution is -2.08. The molecule has 4 nitrogen and oxygen atoms in total. The summed E-state index contributed by atoms with van der Waals surface area (Å²) >= 11 is 0. The van der Waals surface area contributed by atoms with Gasteiger partial charge >= 0.3 is 0 Å². The monoisotopic (exact) mass is 157 g/mol. The molecule has 0 spiro atoms. The van der Waals surface area contributed by atoms with Gasteiger partial charge in [-0.1, -0.05) is 13.0 Å². The van der Waals surface area contributed by atoms with E-state index in [4.69, 9.17) is 5.73 Å². The Morgan fingerprint density at radius 2 is 2.36 bits per heavy atom. The lowest BCUT2D eigenvalue weighted by atomic mass is 10.2. The van der Waals surface area contributed by atoms with E-state index in [0.29, 0.717) is 6.47 Å². The van der Waals surface area contributed by atoms with Crippen molar-refractivity contribution in [3.05, 3.63) is 12.2 Å². The summed E-state index contributed by atoms with van der Waals surface area (Å²) in [4.78, 5) is 19.9. The van der Waals surface area contributed by atoms with Crippen LogP contribution in [0.3, 0.4) is 0 Å². The summed E-state index contributed by atoms with van der Waals surface area (Å²) in [6.07, 6.45) is 2.84. The van der Waals surface area contributed by atoms with Crippen LogP contribution in [-0.2, 0) is 14.3 Å². The van der Waals surface area contributed by atoms with Gasteiger partial charge in [-0.15, -0.1) is 0 Å². The molecule has 0 unspecified atom stereocenters. The van der Waals surface area contributed by atoms with Crippen molar-refractivity contribution in [1.82, 2.24) is 0 Å². The predicted octanol–water partition coefficient (Wildman–Crippen LogP) is -0.163. The van der Waals surface area contributed by atoms with Crippen molar-refractivity contribution in [3.8, 4) is 0 Å². The minimum Gasteiger partial charge on any atom is -0.467 e. The SMILES string of the molecule is C[C@H](/C=C/C(N)=O)COC=O. The topological polar surface area (TPSA) is 69.4 Å². The molecule has 62 valence electrons. The number of carbonyl (C=O) groups is 2. The van der Waals surface area contributed by atoms with Gasteiger partial charge in [-0.25, -0.2) is 0 Å². The third kappa shape index (κ3) is 6.57. The Bertz CT molecular complexity index is 165. The van der Waals surface area contributed by atoms with E-state index in [-0.39, 0.29) is 12.5 Å². The predicted molar refractivity (Wildman–Crippen MR) is 39.5 cm³/mol. The third-order valence-corrected chi connectivity index (χ3v) is 1.02. The lowest BCUT2D eigenvalue weighted by molar-refractivity contribution is -0.129. The maximum atomic E-state index is 10.2. The number of ether oxygens (including phenoxy) is 1. The van der Waals surface area contributed by atoms with Gasteiger partial charge in [0.1, 0.15) is 0 Å². The molecular weight excluding hydrogens is 146 g/mol. The van der Waals surface area contributed by atoms with Gasteiger partial charge in [0.25, 0.3) is 6.47 Å². The van der Waals surface area contributed by atoms with E-state index in [1.807, 2.05) is 6.92 Å². The second-order valence-corrected chi connectivity index (χ2v) is 2.17. The fourth-order valence-electron chi connectivity index (χ4n) is 0.506. The highest BCUT2D eigenvalue weighted by molar-refractivity contribution is 5.85. The highest BCUT2D eigenvalue weighted by atomic mass is 16.5. The number of hydrogen-bond acceptors (Lipinski definition) is 3. The number of carbonyl (C=O) groups excluding carboxylic acids is 2. The average Bonchev–Trinajstić information content (AvgIpc) is 1.97. The number of hydrogen-bond donors (Lipinski definition) is 1. The van der Waals surface area contributed by atoms with E-state index < -0.39 is 5.91 Å². The Morgan fingerprint density at radius 1 is 1.73 bits per heavy atom. The van der Waals surface area contributed by atoms with Crippen molar-refractivity contribution in [2.75, 3.05) is 6.61 Å². The molecule has 0 bridgehead atoms. The summed E-state index contributed by atoms with van der Waals surface area (Å²) in [5.41, 5.74) is 4.83. The summed E-state index contributed by atoms with van der Waals surface area (Å²) in [6.45, 7) is 2.45. The summed E-state index contributed by atoms with van der Waals surface area (Å²) in [5.74, 6) is -0.476. The second kappa shape index (κ2) is 5.46. The lowest BCUT2D eigenvalue weighted by Gasteiger charge is -2.01. The Kier molecular flexibility index (Phi) is 4.81. The molecule has 4 heteroatoms. The first-order valence-corrected chi connectivity index (χ1v) is 3.19.